The highest BCUT2D eigenvalue weighted by Gasteiger charge is 2.01. The van der Waals surface area contributed by atoms with E-state index in [2.05, 4.69) is 4.72 Å². The van der Waals surface area contributed by atoms with E-state index < -0.39 is 0 Å². The third-order valence-corrected chi connectivity index (χ3v) is 3.51. The fourth-order valence-corrected chi connectivity index (χ4v) is 2.28. The summed E-state index contributed by atoms with van der Waals surface area (Å²) in [5.41, 5.74) is 1.60. The highest BCUT2D eigenvalue weighted by Crippen LogP contribution is 2.23. The molecule has 0 unspecified atom stereocenters. The average Bonchev–Trinajstić information content (AvgIpc) is 2.46. The van der Waals surface area contributed by atoms with Crippen molar-refractivity contribution in [2.75, 3.05) is 4.72 Å². The predicted octanol–water partition coefficient (Wildman–Crippen LogP) is 3.93. The number of hydrogen-bond acceptors (Lipinski definition) is 5. The van der Waals surface area contributed by atoms with Gasteiger partial charge in [-0.2, -0.15) is 0 Å². The Bertz CT molecular complexity index is 636. The molecule has 1 N–H and O–H groups in total. The molecule has 0 heterocycles. The maximum Gasteiger partial charge on any atom is 0.308 e. The maximum atomic E-state index is 11.2. The molecule has 2 aromatic rings. The molecule has 0 saturated heterocycles. The fourth-order valence-electron chi connectivity index (χ4n) is 1.63. The third-order valence-electron chi connectivity index (χ3n) is 2.66. The van der Waals surface area contributed by atoms with E-state index in [1.165, 1.54) is 18.9 Å². The molecule has 21 heavy (non-hydrogen) atoms. The Hall–Kier alpha value is -2.27. The molecule has 0 bridgehead atoms. The molecular formula is C16H15NO3S. The molecule has 2 aromatic carbocycles. The molecule has 4 nitrogen and oxygen atoms in total. The van der Waals surface area contributed by atoms with Gasteiger partial charge in [-0.05, 0) is 67.4 Å². The number of carbonyl (C=O) groups is 2. The Morgan fingerprint density at radius 1 is 0.952 bits per heavy atom. The van der Waals surface area contributed by atoms with Crippen LogP contribution in [0, 0.1) is 0 Å². The number of benzene rings is 2. The molecule has 0 radical (unpaired) electrons. The van der Waals surface area contributed by atoms with Gasteiger partial charge in [0.1, 0.15) is 5.75 Å². The van der Waals surface area contributed by atoms with Crippen LogP contribution in [0.15, 0.2) is 53.4 Å². The summed E-state index contributed by atoms with van der Waals surface area (Å²) in [6.07, 6.45) is 0. The van der Waals surface area contributed by atoms with Crippen LogP contribution in [-0.2, 0) is 4.79 Å². The van der Waals surface area contributed by atoms with Crippen molar-refractivity contribution in [1.82, 2.24) is 0 Å². The molecule has 0 spiro atoms. The smallest absolute Gasteiger partial charge is 0.308 e. The van der Waals surface area contributed by atoms with Gasteiger partial charge in [-0.1, -0.05) is 0 Å². The molecule has 2 rings (SSSR count). The summed E-state index contributed by atoms with van der Waals surface area (Å²) >= 11 is 1.44. The molecular weight excluding hydrogens is 286 g/mol. The van der Waals surface area contributed by atoms with Crippen LogP contribution >= 0.6 is 11.9 Å². The van der Waals surface area contributed by atoms with Crippen molar-refractivity contribution in [1.29, 1.82) is 0 Å². The molecule has 108 valence electrons. The van der Waals surface area contributed by atoms with E-state index in [1.807, 2.05) is 24.3 Å². The number of Topliss-reactive ketones (excluding diaryl/α,β-unsaturated/α-hetero) is 1. The van der Waals surface area contributed by atoms with Gasteiger partial charge in [0.25, 0.3) is 0 Å². The summed E-state index contributed by atoms with van der Waals surface area (Å²) in [6.45, 7) is 2.91. The largest absolute Gasteiger partial charge is 0.427 e. The minimum Gasteiger partial charge on any atom is -0.427 e. The molecule has 0 aliphatic heterocycles. The molecule has 0 fully saturated rings. The van der Waals surface area contributed by atoms with E-state index in [0.717, 1.165) is 10.6 Å². The fraction of sp³-hybridized carbons (Fsp3) is 0.125. The van der Waals surface area contributed by atoms with E-state index in [9.17, 15) is 9.59 Å². The van der Waals surface area contributed by atoms with Crippen molar-refractivity contribution >= 4 is 29.4 Å². The summed E-state index contributed by atoms with van der Waals surface area (Å²) in [4.78, 5) is 23.0. The number of esters is 1. The Balaban J connectivity index is 1.93. The zero-order valence-electron chi connectivity index (χ0n) is 11.8. The molecule has 0 aromatic heterocycles. The van der Waals surface area contributed by atoms with Crippen LogP contribution in [0.4, 0.5) is 5.69 Å². The monoisotopic (exact) mass is 301 g/mol. The molecule has 0 aliphatic rings. The van der Waals surface area contributed by atoms with E-state index in [4.69, 9.17) is 4.74 Å². The number of carbonyl (C=O) groups excluding carboxylic acids is 2. The number of ketones is 1. The Kier molecular flexibility index (Phi) is 5.00. The standard InChI is InChI=1S/C16H15NO3S/c1-11(18)13-3-5-14(6-4-13)17-21-16-9-7-15(8-10-16)20-12(2)19/h3-10,17H,1-2H3. The lowest BCUT2D eigenvalue weighted by Crippen LogP contribution is -2.00. The molecule has 0 aliphatic carbocycles. The number of ether oxygens (including phenoxy) is 1. The second kappa shape index (κ2) is 6.95. The van der Waals surface area contributed by atoms with Gasteiger partial charge in [-0.25, -0.2) is 0 Å². The third kappa shape index (κ3) is 4.65. The van der Waals surface area contributed by atoms with Crippen LogP contribution < -0.4 is 9.46 Å². The van der Waals surface area contributed by atoms with Crippen LogP contribution in [0.3, 0.4) is 0 Å². The topological polar surface area (TPSA) is 55.4 Å². The Morgan fingerprint density at radius 2 is 1.57 bits per heavy atom. The normalized spacial score (nSPS) is 10.0. The lowest BCUT2D eigenvalue weighted by molar-refractivity contribution is -0.131. The van der Waals surface area contributed by atoms with Crippen LogP contribution in [0.25, 0.3) is 0 Å². The Labute approximate surface area is 127 Å². The van der Waals surface area contributed by atoms with Crippen LogP contribution in [0.2, 0.25) is 0 Å². The lowest BCUT2D eigenvalue weighted by atomic mass is 10.1. The summed E-state index contributed by atoms with van der Waals surface area (Å²) in [5, 5.41) is 0. The van der Waals surface area contributed by atoms with Gasteiger partial charge in [0, 0.05) is 23.1 Å². The van der Waals surface area contributed by atoms with Gasteiger partial charge in [0.15, 0.2) is 5.78 Å². The first kappa shape index (κ1) is 15.1. The minimum atomic E-state index is -0.334. The summed E-state index contributed by atoms with van der Waals surface area (Å²) in [7, 11) is 0. The first-order valence-electron chi connectivity index (χ1n) is 6.37. The summed E-state index contributed by atoms with van der Waals surface area (Å²) in [5.74, 6) is 0.243. The number of anilines is 1. The summed E-state index contributed by atoms with van der Waals surface area (Å²) < 4.78 is 8.15. The van der Waals surface area contributed by atoms with Gasteiger partial charge in [-0.15, -0.1) is 0 Å². The molecule has 0 amide bonds. The SMILES string of the molecule is CC(=O)Oc1ccc(SNc2ccc(C(C)=O)cc2)cc1. The van der Waals surface area contributed by atoms with Crippen molar-refractivity contribution in [3.8, 4) is 5.75 Å². The van der Waals surface area contributed by atoms with E-state index in [0.29, 0.717) is 11.3 Å². The first-order valence-corrected chi connectivity index (χ1v) is 7.18. The van der Waals surface area contributed by atoms with Gasteiger partial charge < -0.3 is 9.46 Å². The van der Waals surface area contributed by atoms with E-state index in [1.54, 1.807) is 31.2 Å². The number of hydrogen-bond donors (Lipinski definition) is 1. The van der Waals surface area contributed by atoms with Crippen LogP contribution in [0.5, 0.6) is 5.75 Å². The lowest BCUT2D eigenvalue weighted by Gasteiger charge is -2.07. The average molecular weight is 301 g/mol. The van der Waals surface area contributed by atoms with Crippen molar-refractivity contribution in [3.05, 3.63) is 54.1 Å². The highest BCUT2D eigenvalue weighted by atomic mass is 32.2. The van der Waals surface area contributed by atoms with Crippen molar-refractivity contribution in [2.24, 2.45) is 0 Å². The van der Waals surface area contributed by atoms with Gasteiger partial charge in [0.2, 0.25) is 0 Å². The van der Waals surface area contributed by atoms with Crippen molar-refractivity contribution in [2.45, 2.75) is 18.7 Å². The zero-order chi connectivity index (χ0) is 15.2. The second-order valence-corrected chi connectivity index (χ2v) is 5.28. The predicted molar refractivity (Wildman–Crippen MR) is 83.7 cm³/mol. The van der Waals surface area contributed by atoms with E-state index in [-0.39, 0.29) is 11.8 Å². The molecule has 0 atom stereocenters. The highest BCUT2D eigenvalue weighted by molar-refractivity contribution is 8.00. The van der Waals surface area contributed by atoms with Crippen molar-refractivity contribution in [3.63, 3.8) is 0 Å². The van der Waals surface area contributed by atoms with Crippen LogP contribution in [0.1, 0.15) is 24.2 Å². The minimum absolute atomic E-state index is 0.0512. The van der Waals surface area contributed by atoms with E-state index >= 15 is 0 Å². The second-order valence-electron chi connectivity index (χ2n) is 4.40. The quantitative estimate of drug-likeness (QED) is 0.392. The molecule has 5 heteroatoms. The molecule has 0 saturated carbocycles. The van der Waals surface area contributed by atoms with Crippen LogP contribution in [-0.4, -0.2) is 11.8 Å². The number of nitrogens with one attached hydrogen (secondary N) is 1. The van der Waals surface area contributed by atoms with Gasteiger partial charge in [-0.3, -0.25) is 9.59 Å². The zero-order valence-corrected chi connectivity index (χ0v) is 12.6. The first-order chi connectivity index (χ1) is 10.0. The van der Waals surface area contributed by atoms with Gasteiger partial charge >= 0.3 is 5.97 Å². The maximum absolute atomic E-state index is 11.2. The number of rotatable bonds is 5. The van der Waals surface area contributed by atoms with Gasteiger partial charge in [0.05, 0.1) is 0 Å². The van der Waals surface area contributed by atoms with Crippen molar-refractivity contribution < 1.29 is 14.3 Å². The Morgan fingerprint density at radius 3 is 2.10 bits per heavy atom. The summed E-state index contributed by atoms with van der Waals surface area (Å²) in [6, 6.07) is 14.5.